The molecule has 0 aliphatic carbocycles. The van der Waals surface area contributed by atoms with E-state index in [9.17, 15) is 4.79 Å². The Hall–Kier alpha value is -1.71. The Balaban J connectivity index is 2.27. The van der Waals surface area contributed by atoms with Gasteiger partial charge in [-0.05, 0) is 24.6 Å². The SMILES string of the molecule is COc1cccc([C@H]2OC(=O)N(C)[C@H]2C)c1. The summed E-state index contributed by atoms with van der Waals surface area (Å²) < 4.78 is 10.5. The summed E-state index contributed by atoms with van der Waals surface area (Å²) in [6.07, 6.45) is -0.493. The molecule has 0 radical (unpaired) electrons. The number of carbonyl (C=O) groups is 1. The fraction of sp³-hybridized carbons (Fsp3) is 0.417. The molecule has 16 heavy (non-hydrogen) atoms. The molecule has 86 valence electrons. The van der Waals surface area contributed by atoms with Gasteiger partial charge in [0.25, 0.3) is 0 Å². The van der Waals surface area contributed by atoms with Crippen LogP contribution < -0.4 is 4.74 Å². The summed E-state index contributed by atoms with van der Waals surface area (Å²) in [5.74, 6) is 0.773. The fourth-order valence-electron chi connectivity index (χ4n) is 1.82. The number of nitrogens with zero attached hydrogens (tertiary/aromatic N) is 1. The van der Waals surface area contributed by atoms with Crippen molar-refractivity contribution >= 4 is 6.09 Å². The van der Waals surface area contributed by atoms with Gasteiger partial charge in [-0.2, -0.15) is 0 Å². The molecule has 1 aromatic rings. The highest BCUT2D eigenvalue weighted by atomic mass is 16.6. The molecule has 0 aromatic heterocycles. The molecule has 0 N–H and O–H groups in total. The van der Waals surface area contributed by atoms with Gasteiger partial charge in [0.1, 0.15) is 11.9 Å². The van der Waals surface area contributed by atoms with Crippen molar-refractivity contribution in [3.05, 3.63) is 29.8 Å². The molecule has 0 bridgehead atoms. The first-order valence-corrected chi connectivity index (χ1v) is 5.21. The number of hydrogen-bond acceptors (Lipinski definition) is 3. The van der Waals surface area contributed by atoms with E-state index in [4.69, 9.17) is 9.47 Å². The Morgan fingerprint density at radius 1 is 1.44 bits per heavy atom. The lowest BCUT2D eigenvalue weighted by Crippen LogP contribution is -2.27. The predicted molar refractivity (Wildman–Crippen MR) is 59.4 cm³/mol. The van der Waals surface area contributed by atoms with Crippen molar-refractivity contribution in [3.63, 3.8) is 0 Å². The molecule has 0 spiro atoms. The van der Waals surface area contributed by atoms with E-state index in [0.29, 0.717) is 0 Å². The smallest absolute Gasteiger partial charge is 0.410 e. The van der Waals surface area contributed by atoms with E-state index in [2.05, 4.69) is 0 Å². The largest absolute Gasteiger partial charge is 0.497 e. The second-order valence-electron chi connectivity index (χ2n) is 3.93. The van der Waals surface area contributed by atoms with Crippen molar-refractivity contribution in [2.45, 2.75) is 19.1 Å². The average molecular weight is 221 g/mol. The molecular formula is C12H15NO3. The Morgan fingerprint density at radius 3 is 2.75 bits per heavy atom. The molecule has 2 rings (SSSR count). The summed E-state index contributed by atoms with van der Waals surface area (Å²) in [6.45, 7) is 1.97. The number of cyclic esters (lactones) is 1. The van der Waals surface area contributed by atoms with Crippen molar-refractivity contribution in [3.8, 4) is 5.75 Å². The van der Waals surface area contributed by atoms with E-state index in [0.717, 1.165) is 11.3 Å². The quantitative estimate of drug-likeness (QED) is 0.768. The topological polar surface area (TPSA) is 38.8 Å². The fourth-order valence-corrected chi connectivity index (χ4v) is 1.82. The Morgan fingerprint density at radius 2 is 2.19 bits per heavy atom. The summed E-state index contributed by atoms with van der Waals surface area (Å²) in [5, 5.41) is 0. The van der Waals surface area contributed by atoms with Gasteiger partial charge in [0.15, 0.2) is 0 Å². The zero-order chi connectivity index (χ0) is 11.7. The first kappa shape index (κ1) is 10.8. The predicted octanol–water partition coefficient (Wildman–Crippen LogP) is 2.21. The average Bonchev–Trinajstić information content (AvgIpc) is 2.57. The van der Waals surface area contributed by atoms with E-state index in [1.807, 2.05) is 31.2 Å². The lowest BCUT2D eigenvalue weighted by atomic mass is 10.0. The minimum atomic E-state index is -0.277. The Kier molecular flexibility index (Phi) is 2.73. The zero-order valence-electron chi connectivity index (χ0n) is 9.64. The second-order valence-corrected chi connectivity index (χ2v) is 3.93. The lowest BCUT2D eigenvalue weighted by Gasteiger charge is -2.17. The van der Waals surface area contributed by atoms with Gasteiger partial charge >= 0.3 is 6.09 Å². The van der Waals surface area contributed by atoms with Gasteiger partial charge in [-0.25, -0.2) is 4.79 Å². The first-order chi connectivity index (χ1) is 7.63. The number of methoxy groups -OCH3 is 1. The van der Waals surface area contributed by atoms with Crippen LogP contribution in [0.25, 0.3) is 0 Å². The van der Waals surface area contributed by atoms with Crippen molar-refractivity contribution < 1.29 is 14.3 Å². The Bertz CT molecular complexity index is 405. The summed E-state index contributed by atoms with van der Waals surface area (Å²) >= 11 is 0. The van der Waals surface area contributed by atoms with Gasteiger partial charge in [-0.15, -0.1) is 0 Å². The van der Waals surface area contributed by atoms with Crippen molar-refractivity contribution in [2.75, 3.05) is 14.2 Å². The van der Waals surface area contributed by atoms with Crippen molar-refractivity contribution in [1.29, 1.82) is 0 Å². The number of rotatable bonds is 2. The van der Waals surface area contributed by atoms with Gasteiger partial charge in [-0.3, -0.25) is 0 Å². The van der Waals surface area contributed by atoms with Crippen LogP contribution in [0.1, 0.15) is 18.6 Å². The molecule has 2 atom stereocenters. The minimum absolute atomic E-state index is 0.0413. The van der Waals surface area contributed by atoms with E-state index < -0.39 is 0 Å². The highest BCUT2D eigenvalue weighted by molar-refractivity contribution is 5.70. The zero-order valence-corrected chi connectivity index (χ0v) is 9.64. The summed E-state index contributed by atoms with van der Waals surface area (Å²) in [7, 11) is 3.36. The molecule has 1 aliphatic heterocycles. The van der Waals surface area contributed by atoms with Gasteiger partial charge in [-0.1, -0.05) is 12.1 Å². The number of ether oxygens (including phenoxy) is 2. The van der Waals surface area contributed by atoms with Crippen LogP contribution in [0.3, 0.4) is 0 Å². The standard InChI is InChI=1S/C12H15NO3/c1-8-11(16-12(14)13(8)2)9-5-4-6-10(7-9)15-3/h4-8,11H,1-3H3/t8-,11-/m0/s1. The number of benzene rings is 1. The molecule has 1 amide bonds. The molecule has 1 fully saturated rings. The second kappa shape index (κ2) is 4.04. The minimum Gasteiger partial charge on any atom is -0.497 e. The number of amides is 1. The van der Waals surface area contributed by atoms with Gasteiger partial charge in [0.05, 0.1) is 13.2 Å². The third kappa shape index (κ3) is 1.71. The Labute approximate surface area is 94.8 Å². The normalized spacial score (nSPS) is 24.4. The van der Waals surface area contributed by atoms with Crippen molar-refractivity contribution in [2.24, 2.45) is 0 Å². The number of hydrogen-bond donors (Lipinski definition) is 0. The van der Waals surface area contributed by atoms with Crippen LogP contribution in [0.2, 0.25) is 0 Å². The van der Waals surface area contributed by atoms with Crippen LogP contribution in [0.5, 0.6) is 5.75 Å². The maximum absolute atomic E-state index is 11.4. The van der Waals surface area contributed by atoms with Gasteiger partial charge in [0, 0.05) is 7.05 Å². The third-order valence-corrected chi connectivity index (χ3v) is 2.99. The number of likely N-dealkylation sites (N-methyl/N-ethyl adjacent to an activating group) is 1. The van der Waals surface area contributed by atoms with Crippen molar-refractivity contribution in [1.82, 2.24) is 4.90 Å². The first-order valence-electron chi connectivity index (χ1n) is 5.21. The molecule has 4 nitrogen and oxygen atoms in total. The monoisotopic (exact) mass is 221 g/mol. The van der Waals surface area contributed by atoms with E-state index in [1.165, 1.54) is 0 Å². The van der Waals surface area contributed by atoms with E-state index >= 15 is 0 Å². The van der Waals surface area contributed by atoms with Crippen LogP contribution >= 0.6 is 0 Å². The highest BCUT2D eigenvalue weighted by Gasteiger charge is 2.37. The lowest BCUT2D eigenvalue weighted by molar-refractivity contribution is 0.131. The van der Waals surface area contributed by atoms with Crippen LogP contribution in [-0.4, -0.2) is 31.2 Å². The molecule has 1 aliphatic rings. The molecule has 1 heterocycles. The van der Waals surface area contributed by atoms with Crippen LogP contribution in [0, 0.1) is 0 Å². The molecule has 1 aromatic carbocycles. The maximum Gasteiger partial charge on any atom is 0.410 e. The summed E-state index contributed by atoms with van der Waals surface area (Å²) in [5.41, 5.74) is 0.963. The van der Waals surface area contributed by atoms with Crippen LogP contribution in [-0.2, 0) is 4.74 Å². The maximum atomic E-state index is 11.4. The van der Waals surface area contributed by atoms with E-state index in [-0.39, 0.29) is 18.2 Å². The van der Waals surface area contributed by atoms with Crippen LogP contribution in [0.15, 0.2) is 24.3 Å². The molecule has 4 heteroatoms. The molecular weight excluding hydrogens is 206 g/mol. The summed E-state index contributed by atoms with van der Waals surface area (Å²) in [4.78, 5) is 13.0. The van der Waals surface area contributed by atoms with Gasteiger partial charge in [0.2, 0.25) is 0 Å². The molecule has 0 saturated carbocycles. The van der Waals surface area contributed by atoms with Crippen LogP contribution in [0.4, 0.5) is 4.79 Å². The highest BCUT2D eigenvalue weighted by Crippen LogP contribution is 2.32. The summed E-state index contributed by atoms with van der Waals surface area (Å²) in [6, 6.07) is 7.64. The third-order valence-electron chi connectivity index (χ3n) is 2.99. The molecule has 0 unspecified atom stereocenters. The number of carbonyl (C=O) groups excluding carboxylic acids is 1. The van der Waals surface area contributed by atoms with E-state index in [1.54, 1.807) is 19.1 Å². The molecule has 1 saturated heterocycles. The van der Waals surface area contributed by atoms with Gasteiger partial charge < -0.3 is 14.4 Å².